The lowest BCUT2D eigenvalue weighted by Gasteiger charge is -2.26. The molecular weight excluding hydrogens is 328 g/mol. The van der Waals surface area contributed by atoms with Crippen molar-refractivity contribution in [2.75, 3.05) is 26.2 Å². The van der Waals surface area contributed by atoms with Gasteiger partial charge in [-0.2, -0.15) is 0 Å². The molecule has 0 radical (unpaired) electrons. The Morgan fingerprint density at radius 3 is 2.92 bits per heavy atom. The number of likely N-dealkylation sites (tertiary alicyclic amines) is 1. The van der Waals surface area contributed by atoms with Crippen molar-refractivity contribution in [1.82, 2.24) is 10.2 Å². The maximum Gasteiger partial charge on any atom is 0.407 e. The van der Waals surface area contributed by atoms with Crippen LogP contribution in [0.15, 0.2) is 18.2 Å². The number of fused-ring (bicyclic) bond motifs is 1. The molecular formula is C21H26N2O3. The van der Waals surface area contributed by atoms with E-state index in [0.29, 0.717) is 25.5 Å². The number of carbonyl (C=O) groups is 2. The number of rotatable bonds is 3. The molecule has 2 saturated heterocycles. The summed E-state index contributed by atoms with van der Waals surface area (Å²) >= 11 is 0. The summed E-state index contributed by atoms with van der Waals surface area (Å²) in [5.74, 6) is 1.39. The average molecular weight is 354 g/mol. The molecule has 4 aliphatic rings. The van der Waals surface area contributed by atoms with Crippen molar-refractivity contribution in [3.63, 3.8) is 0 Å². The third-order valence-corrected chi connectivity index (χ3v) is 6.83. The summed E-state index contributed by atoms with van der Waals surface area (Å²) in [5, 5.41) is 2.69. The first-order chi connectivity index (χ1) is 12.6. The number of hydrogen-bond acceptors (Lipinski definition) is 3. The lowest BCUT2D eigenvalue weighted by molar-refractivity contribution is -0.135. The van der Waals surface area contributed by atoms with E-state index < -0.39 is 6.09 Å². The molecule has 0 spiro atoms. The van der Waals surface area contributed by atoms with Gasteiger partial charge in [0.25, 0.3) is 0 Å². The van der Waals surface area contributed by atoms with E-state index in [1.165, 1.54) is 36.0 Å². The van der Waals surface area contributed by atoms with Crippen LogP contribution in [0.2, 0.25) is 0 Å². The summed E-state index contributed by atoms with van der Waals surface area (Å²) < 4.78 is 5.00. The van der Waals surface area contributed by atoms with Gasteiger partial charge in [-0.15, -0.1) is 0 Å². The molecule has 3 atom stereocenters. The molecule has 2 amide bonds. The molecule has 0 bridgehead atoms. The van der Waals surface area contributed by atoms with Crippen LogP contribution < -0.4 is 5.32 Å². The molecule has 4 fully saturated rings. The number of alkyl carbamates (subject to hydrolysis) is 1. The predicted molar refractivity (Wildman–Crippen MR) is 97.0 cm³/mol. The molecule has 2 aliphatic carbocycles. The maximum atomic E-state index is 13.0. The average Bonchev–Trinajstić information content (AvgIpc) is 3.54. The van der Waals surface area contributed by atoms with Gasteiger partial charge < -0.3 is 15.0 Å². The van der Waals surface area contributed by atoms with E-state index in [-0.39, 0.29) is 17.2 Å². The third kappa shape index (κ3) is 2.60. The second kappa shape index (κ2) is 5.73. The van der Waals surface area contributed by atoms with Gasteiger partial charge in [-0.3, -0.25) is 4.79 Å². The van der Waals surface area contributed by atoms with Crippen LogP contribution in [-0.2, 0) is 14.9 Å². The van der Waals surface area contributed by atoms with Gasteiger partial charge in [0.1, 0.15) is 0 Å². The number of benzene rings is 1. The van der Waals surface area contributed by atoms with Crippen molar-refractivity contribution in [3.8, 4) is 0 Å². The SMILES string of the molecule is Cc1cc(C2CC2)ccc1C12CC1CN(C(=O)[C@@H]1CCOC(=O)NC1)C2. The van der Waals surface area contributed by atoms with Crippen molar-refractivity contribution in [1.29, 1.82) is 0 Å². The summed E-state index contributed by atoms with van der Waals surface area (Å²) in [7, 11) is 0. The Hall–Kier alpha value is -2.04. The number of nitrogens with one attached hydrogen (secondary N) is 1. The monoisotopic (exact) mass is 354 g/mol. The van der Waals surface area contributed by atoms with Gasteiger partial charge in [0, 0.05) is 25.0 Å². The summed E-state index contributed by atoms with van der Waals surface area (Å²) in [6, 6.07) is 7.02. The Labute approximate surface area is 154 Å². The normalized spacial score (nSPS) is 33.1. The second-order valence-electron chi connectivity index (χ2n) is 8.63. The number of ether oxygens (including phenoxy) is 1. The van der Waals surface area contributed by atoms with Crippen molar-refractivity contribution < 1.29 is 14.3 Å². The highest BCUT2D eigenvalue weighted by Crippen LogP contribution is 2.60. The van der Waals surface area contributed by atoms with E-state index in [9.17, 15) is 9.59 Å². The Morgan fingerprint density at radius 1 is 1.31 bits per heavy atom. The van der Waals surface area contributed by atoms with Crippen LogP contribution in [0.25, 0.3) is 0 Å². The molecule has 138 valence electrons. The van der Waals surface area contributed by atoms with Crippen LogP contribution in [0.1, 0.15) is 48.3 Å². The fourth-order valence-electron chi connectivity index (χ4n) is 5.11. The van der Waals surface area contributed by atoms with Gasteiger partial charge >= 0.3 is 6.09 Å². The standard InChI is InChI=1S/C21H26N2O3/c1-13-8-15(14-2-3-14)4-5-18(13)21-9-17(21)11-23(12-21)19(24)16-6-7-26-20(25)22-10-16/h4-5,8,14,16-17H,2-3,6-7,9-12H2,1H3,(H,22,25)/t16-,17?,21?/m1/s1. The van der Waals surface area contributed by atoms with Crippen LogP contribution in [0.5, 0.6) is 0 Å². The van der Waals surface area contributed by atoms with Gasteiger partial charge in [0.15, 0.2) is 0 Å². The van der Waals surface area contributed by atoms with Crippen LogP contribution in [0.4, 0.5) is 4.79 Å². The first kappa shape index (κ1) is 16.2. The number of amides is 2. The quantitative estimate of drug-likeness (QED) is 0.908. The molecule has 2 aliphatic heterocycles. The van der Waals surface area contributed by atoms with E-state index in [2.05, 4.69) is 30.4 Å². The van der Waals surface area contributed by atoms with E-state index in [1.807, 2.05) is 4.90 Å². The fraction of sp³-hybridized carbons (Fsp3) is 0.619. The lowest BCUT2D eigenvalue weighted by Crippen LogP contribution is -2.41. The van der Waals surface area contributed by atoms with Crippen molar-refractivity contribution >= 4 is 12.0 Å². The van der Waals surface area contributed by atoms with Crippen molar-refractivity contribution in [2.24, 2.45) is 11.8 Å². The Balaban J connectivity index is 1.31. The second-order valence-corrected chi connectivity index (χ2v) is 8.63. The molecule has 1 aromatic rings. The number of carbonyl (C=O) groups excluding carboxylic acids is 2. The number of piperidine rings is 1. The summed E-state index contributed by atoms with van der Waals surface area (Å²) in [5.41, 5.74) is 4.49. The number of hydrogen-bond donors (Lipinski definition) is 1. The minimum absolute atomic E-state index is 0.158. The van der Waals surface area contributed by atoms with Gasteiger partial charge in [0.2, 0.25) is 5.91 Å². The molecule has 1 N–H and O–H groups in total. The molecule has 2 heterocycles. The first-order valence-electron chi connectivity index (χ1n) is 9.87. The molecule has 26 heavy (non-hydrogen) atoms. The highest BCUT2D eigenvalue weighted by Gasteiger charge is 2.62. The van der Waals surface area contributed by atoms with E-state index in [4.69, 9.17) is 4.74 Å². The molecule has 1 aromatic carbocycles. The minimum atomic E-state index is -0.410. The number of aryl methyl sites for hydroxylation is 1. The molecule has 2 unspecified atom stereocenters. The molecule has 5 rings (SSSR count). The van der Waals surface area contributed by atoms with Crippen molar-refractivity contribution in [3.05, 3.63) is 34.9 Å². The highest BCUT2D eigenvalue weighted by molar-refractivity contribution is 5.81. The highest BCUT2D eigenvalue weighted by atomic mass is 16.5. The zero-order chi connectivity index (χ0) is 17.9. The number of cyclic esters (lactones) is 1. The Bertz CT molecular complexity index is 773. The smallest absolute Gasteiger partial charge is 0.407 e. The van der Waals surface area contributed by atoms with Gasteiger partial charge in [-0.25, -0.2) is 4.79 Å². The summed E-state index contributed by atoms with van der Waals surface area (Å²) in [6.07, 6.45) is 4.06. The Morgan fingerprint density at radius 2 is 2.15 bits per heavy atom. The molecule has 2 saturated carbocycles. The zero-order valence-corrected chi connectivity index (χ0v) is 15.3. The zero-order valence-electron chi connectivity index (χ0n) is 15.3. The van der Waals surface area contributed by atoms with Crippen molar-refractivity contribution in [2.45, 2.75) is 43.9 Å². The molecule has 0 aromatic heterocycles. The van der Waals surface area contributed by atoms with E-state index >= 15 is 0 Å². The molecule has 5 heteroatoms. The van der Waals surface area contributed by atoms with Crippen LogP contribution in [-0.4, -0.2) is 43.1 Å². The van der Waals surface area contributed by atoms with Crippen LogP contribution in [0, 0.1) is 18.8 Å². The number of nitrogens with zero attached hydrogens (tertiary/aromatic N) is 1. The van der Waals surface area contributed by atoms with E-state index in [1.54, 1.807) is 0 Å². The fourth-order valence-corrected chi connectivity index (χ4v) is 5.11. The Kier molecular flexibility index (Phi) is 3.56. The summed E-state index contributed by atoms with van der Waals surface area (Å²) in [6.45, 7) is 4.63. The van der Waals surface area contributed by atoms with Crippen LogP contribution >= 0.6 is 0 Å². The molecule has 5 nitrogen and oxygen atoms in total. The van der Waals surface area contributed by atoms with Gasteiger partial charge in [0.05, 0.1) is 12.5 Å². The minimum Gasteiger partial charge on any atom is -0.450 e. The lowest BCUT2D eigenvalue weighted by atomic mass is 9.89. The predicted octanol–water partition coefficient (Wildman–Crippen LogP) is 2.72. The van der Waals surface area contributed by atoms with Gasteiger partial charge in [-0.05, 0) is 61.1 Å². The van der Waals surface area contributed by atoms with Crippen LogP contribution in [0.3, 0.4) is 0 Å². The topological polar surface area (TPSA) is 58.6 Å². The maximum absolute atomic E-state index is 13.0. The first-order valence-corrected chi connectivity index (χ1v) is 9.87. The third-order valence-electron chi connectivity index (χ3n) is 6.83. The van der Waals surface area contributed by atoms with E-state index in [0.717, 1.165) is 19.0 Å². The summed E-state index contributed by atoms with van der Waals surface area (Å²) in [4.78, 5) is 26.3. The van der Waals surface area contributed by atoms with Gasteiger partial charge in [-0.1, -0.05) is 18.2 Å². The largest absolute Gasteiger partial charge is 0.450 e.